The largest absolute Gasteiger partial charge is 0.444 e. The third-order valence-corrected chi connectivity index (χ3v) is 5.94. The molecule has 37 heavy (non-hydrogen) atoms. The highest BCUT2D eigenvalue weighted by atomic mass is 35.5. The fourth-order valence-electron chi connectivity index (χ4n) is 3.43. The molecular weight excluding hydrogens is 507 g/mol. The van der Waals surface area contributed by atoms with Crippen LogP contribution in [0.2, 0.25) is 5.02 Å². The molecule has 1 aromatic rings. The standard InChI is InChI=1S/C28H34Cl2N2O3.C2H6/c1-8-9-18(2)20(4)24(29)16-19(3)31-26(33)22-10-11-23(25(30)17-22)21-12-14-32(15-13-21)27(34)35-28(5,6)7;1-2/h9-12,16-17H,3-4,8,13-15H2,1-2,5-7H3,(H,31,33);1-2H3/b18-9+,24-16+;. The molecule has 2 rings (SSSR count). The van der Waals surface area contributed by atoms with Crippen LogP contribution in [0.1, 0.15) is 77.2 Å². The van der Waals surface area contributed by atoms with Crippen LogP contribution < -0.4 is 5.32 Å². The van der Waals surface area contributed by atoms with Gasteiger partial charge in [0.2, 0.25) is 0 Å². The van der Waals surface area contributed by atoms with E-state index in [0.717, 1.165) is 23.1 Å². The van der Waals surface area contributed by atoms with E-state index in [4.69, 9.17) is 27.9 Å². The normalized spacial score (nSPS) is 14.2. The van der Waals surface area contributed by atoms with Crippen LogP contribution in [0.5, 0.6) is 0 Å². The molecule has 0 spiro atoms. The highest BCUT2D eigenvalue weighted by Gasteiger charge is 2.24. The SMILES string of the molecule is C=C(/C=C(/Cl)C(=C)/C(C)=C/CC)NC(=O)c1ccc(C2=CCN(C(=O)OC(C)(C)C)CC2)c(Cl)c1.CC. The van der Waals surface area contributed by atoms with Gasteiger partial charge in [0.25, 0.3) is 5.91 Å². The Kier molecular flexibility index (Phi) is 12.9. The van der Waals surface area contributed by atoms with E-state index in [1.165, 1.54) is 0 Å². The van der Waals surface area contributed by atoms with Crippen molar-refractivity contribution in [1.29, 1.82) is 0 Å². The van der Waals surface area contributed by atoms with Crippen molar-refractivity contribution < 1.29 is 14.3 Å². The molecule has 0 radical (unpaired) electrons. The van der Waals surface area contributed by atoms with E-state index >= 15 is 0 Å². The van der Waals surface area contributed by atoms with Gasteiger partial charge < -0.3 is 15.0 Å². The lowest BCUT2D eigenvalue weighted by atomic mass is 9.98. The summed E-state index contributed by atoms with van der Waals surface area (Å²) in [6.07, 6.45) is 6.75. The van der Waals surface area contributed by atoms with Gasteiger partial charge in [-0.3, -0.25) is 4.79 Å². The van der Waals surface area contributed by atoms with Crippen LogP contribution in [0.15, 0.2) is 71.5 Å². The van der Waals surface area contributed by atoms with Crippen LogP contribution >= 0.6 is 23.2 Å². The molecule has 7 heteroatoms. The summed E-state index contributed by atoms with van der Waals surface area (Å²) in [7, 11) is 0. The maximum atomic E-state index is 12.7. The number of halogens is 2. The lowest BCUT2D eigenvalue weighted by molar-refractivity contribution is 0.0270. The Labute approximate surface area is 232 Å². The number of benzene rings is 1. The van der Waals surface area contributed by atoms with Gasteiger partial charge in [0.05, 0.1) is 0 Å². The molecule has 1 aliphatic heterocycles. The minimum absolute atomic E-state index is 0.333. The van der Waals surface area contributed by atoms with Gasteiger partial charge in [-0.1, -0.05) is 75.3 Å². The molecule has 1 aromatic carbocycles. The van der Waals surface area contributed by atoms with Crippen molar-refractivity contribution in [1.82, 2.24) is 10.2 Å². The first-order chi connectivity index (χ1) is 17.3. The molecule has 202 valence electrons. The lowest BCUT2D eigenvalue weighted by Crippen LogP contribution is -2.39. The van der Waals surface area contributed by atoms with Crippen LogP contribution in [0, 0.1) is 0 Å². The number of nitrogens with one attached hydrogen (secondary N) is 1. The van der Waals surface area contributed by atoms with Crippen LogP contribution in [0.25, 0.3) is 5.57 Å². The summed E-state index contributed by atoms with van der Waals surface area (Å²) in [6.45, 7) is 22.3. The quantitative estimate of drug-likeness (QED) is 0.348. The number of ether oxygens (including phenoxy) is 1. The van der Waals surface area contributed by atoms with Gasteiger partial charge in [0, 0.05) is 34.4 Å². The van der Waals surface area contributed by atoms with Gasteiger partial charge in [-0.2, -0.15) is 0 Å². The first kappa shape index (κ1) is 32.3. The predicted octanol–water partition coefficient (Wildman–Crippen LogP) is 8.67. The average Bonchev–Trinajstić information content (AvgIpc) is 2.83. The van der Waals surface area contributed by atoms with E-state index in [-0.39, 0.29) is 12.0 Å². The van der Waals surface area contributed by atoms with Crippen molar-refractivity contribution in [2.24, 2.45) is 0 Å². The van der Waals surface area contributed by atoms with E-state index in [2.05, 4.69) is 18.5 Å². The van der Waals surface area contributed by atoms with Crippen LogP contribution in [0.3, 0.4) is 0 Å². The van der Waals surface area contributed by atoms with E-state index in [1.807, 2.05) is 66.7 Å². The van der Waals surface area contributed by atoms with Crippen molar-refractivity contribution in [3.63, 3.8) is 0 Å². The van der Waals surface area contributed by atoms with E-state index in [0.29, 0.717) is 46.4 Å². The zero-order chi connectivity index (χ0) is 28.3. The monoisotopic (exact) mass is 546 g/mol. The molecule has 0 saturated carbocycles. The van der Waals surface area contributed by atoms with E-state index in [1.54, 1.807) is 23.1 Å². The zero-order valence-corrected chi connectivity index (χ0v) is 24.6. The van der Waals surface area contributed by atoms with Gasteiger partial charge >= 0.3 is 6.09 Å². The topological polar surface area (TPSA) is 58.6 Å². The maximum Gasteiger partial charge on any atom is 0.410 e. The fraction of sp³-hybridized carbons (Fsp3) is 0.400. The van der Waals surface area contributed by atoms with Crippen molar-refractivity contribution in [2.75, 3.05) is 13.1 Å². The summed E-state index contributed by atoms with van der Waals surface area (Å²) in [4.78, 5) is 26.6. The van der Waals surface area contributed by atoms with Crippen molar-refractivity contribution in [3.8, 4) is 0 Å². The molecule has 0 fully saturated rings. The van der Waals surface area contributed by atoms with Crippen LogP contribution in [0.4, 0.5) is 4.79 Å². The molecule has 0 saturated heterocycles. The van der Waals surface area contributed by atoms with Crippen molar-refractivity contribution >= 4 is 40.8 Å². The maximum absolute atomic E-state index is 12.7. The summed E-state index contributed by atoms with van der Waals surface area (Å²) in [5.41, 5.74) is 3.73. The first-order valence-electron chi connectivity index (χ1n) is 12.5. The lowest BCUT2D eigenvalue weighted by Gasteiger charge is -2.29. The smallest absolute Gasteiger partial charge is 0.410 e. The molecule has 1 heterocycles. The number of amides is 2. The number of nitrogens with zero attached hydrogens (tertiary/aromatic N) is 1. The third kappa shape index (κ3) is 10.3. The highest BCUT2D eigenvalue weighted by molar-refractivity contribution is 6.33. The number of hydrogen-bond acceptors (Lipinski definition) is 3. The Morgan fingerprint density at radius 2 is 1.86 bits per heavy atom. The minimum Gasteiger partial charge on any atom is -0.444 e. The fourth-order valence-corrected chi connectivity index (χ4v) is 4.02. The van der Waals surface area contributed by atoms with Gasteiger partial charge in [0.1, 0.15) is 5.60 Å². The van der Waals surface area contributed by atoms with E-state index in [9.17, 15) is 9.59 Å². The van der Waals surface area contributed by atoms with Crippen molar-refractivity contribution in [3.05, 3.63) is 87.6 Å². The molecular formula is C30H40Cl2N2O3. The molecule has 1 aliphatic rings. The summed E-state index contributed by atoms with van der Waals surface area (Å²) in [5.74, 6) is -0.343. The second-order valence-corrected chi connectivity index (χ2v) is 10.2. The second-order valence-electron chi connectivity index (χ2n) is 9.35. The summed E-state index contributed by atoms with van der Waals surface area (Å²) < 4.78 is 5.44. The van der Waals surface area contributed by atoms with Crippen LogP contribution in [-0.2, 0) is 4.74 Å². The minimum atomic E-state index is -0.535. The Balaban J connectivity index is 0.00000334. The van der Waals surface area contributed by atoms with Crippen molar-refractivity contribution in [2.45, 2.75) is 66.9 Å². The first-order valence-corrected chi connectivity index (χ1v) is 13.3. The third-order valence-electron chi connectivity index (χ3n) is 5.29. The number of allylic oxidation sites excluding steroid dienone is 5. The Morgan fingerprint density at radius 3 is 2.38 bits per heavy atom. The molecule has 0 aromatic heterocycles. The molecule has 0 unspecified atom stereocenters. The second kappa shape index (κ2) is 14.8. The molecule has 0 bridgehead atoms. The molecule has 2 amide bonds. The molecule has 1 N–H and O–H groups in total. The number of rotatable bonds is 7. The number of carbonyl (C=O) groups excluding carboxylic acids is 2. The Bertz CT molecular complexity index is 1110. The van der Waals surface area contributed by atoms with E-state index < -0.39 is 5.60 Å². The predicted molar refractivity (Wildman–Crippen MR) is 157 cm³/mol. The Morgan fingerprint density at radius 1 is 1.22 bits per heavy atom. The van der Waals surface area contributed by atoms with Gasteiger partial charge in [-0.05, 0) is 81.0 Å². The molecule has 0 atom stereocenters. The van der Waals surface area contributed by atoms with Gasteiger partial charge in [-0.15, -0.1) is 0 Å². The molecule has 0 aliphatic carbocycles. The number of hydrogen-bond donors (Lipinski definition) is 1. The summed E-state index contributed by atoms with van der Waals surface area (Å²) in [5, 5.41) is 3.60. The van der Waals surface area contributed by atoms with Gasteiger partial charge in [0.15, 0.2) is 0 Å². The Hall–Kier alpha value is -2.76. The zero-order valence-electron chi connectivity index (χ0n) is 23.1. The highest BCUT2D eigenvalue weighted by Crippen LogP contribution is 2.30. The average molecular weight is 548 g/mol. The van der Waals surface area contributed by atoms with Gasteiger partial charge in [-0.25, -0.2) is 4.79 Å². The molecule has 5 nitrogen and oxygen atoms in total. The van der Waals surface area contributed by atoms with Crippen LogP contribution in [-0.4, -0.2) is 35.6 Å². The summed E-state index contributed by atoms with van der Waals surface area (Å²) in [6, 6.07) is 5.15. The summed E-state index contributed by atoms with van der Waals surface area (Å²) >= 11 is 12.8. The number of carbonyl (C=O) groups is 2.